The van der Waals surface area contributed by atoms with Crippen LogP contribution in [0.4, 0.5) is 5.69 Å². The van der Waals surface area contributed by atoms with E-state index in [1.54, 1.807) is 0 Å². The molecule has 0 saturated carbocycles. The van der Waals surface area contributed by atoms with Gasteiger partial charge in [-0.25, -0.2) is 0 Å². The van der Waals surface area contributed by atoms with Gasteiger partial charge in [-0.2, -0.15) is 0 Å². The highest BCUT2D eigenvalue weighted by atomic mass is 16.1. The lowest BCUT2D eigenvalue weighted by atomic mass is 10.1. The molecule has 4 nitrogen and oxygen atoms in total. The minimum atomic E-state index is 0.0386. The second-order valence-electron chi connectivity index (χ2n) is 6.08. The molecular weight excluding hydrogens is 298 g/mol. The summed E-state index contributed by atoms with van der Waals surface area (Å²) in [6.07, 6.45) is 5.20. The van der Waals surface area contributed by atoms with Crippen LogP contribution in [-0.4, -0.2) is 15.5 Å². The number of aromatic nitrogens is 2. The largest absolute Gasteiger partial charge is 0.361 e. The summed E-state index contributed by atoms with van der Waals surface area (Å²) in [6.45, 7) is 0. The van der Waals surface area contributed by atoms with Crippen LogP contribution in [0.15, 0.2) is 60.9 Å². The number of nitrogens with zero attached hydrogens (tertiary/aromatic N) is 1. The van der Waals surface area contributed by atoms with Crippen LogP contribution >= 0.6 is 0 Å². The molecule has 0 radical (unpaired) electrons. The molecule has 0 bridgehead atoms. The van der Waals surface area contributed by atoms with Crippen molar-refractivity contribution in [3.8, 4) is 0 Å². The Morgan fingerprint density at radius 2 is 1.96 bits per heavy atom. The number of rotatable bonds is 4. The van der Waals surface area contributed by atoms with Crippen molar-refractivity contribution in [3.05, 3.63) is 66.5 Å². The lowest BCUT2D eigenvalue weighted by Gasteiger charge is -2.06. The molecule has 0 aliphatic heterocycles. The molecule has 1 amide bonds. The number of carbonyl (C=O) groups is 1. The summed E-state index contributed by atoms with van der Waals surface area (Å²) in [5, 5.41) is 5.29. The molecule has 4 aromatic rings. The number of nitrogens with one attached hydrogen (secondary N) is 2. The Kier molecular flexibility index (Phi) is 3.58. The molecule has 2 heterocycles. The highest BCUT2D eigenvalue weighted by Crippen LogP contribution is 2.24. The molecule has 4 rings (SSSR count). The molecule has 24 heavy (non-hydrogen) atoms. The molecule has 0 fully saturated rings. The molecular formula is C20H19N3O. The molecule has 2 N–H and O–H groups in total. The standard InChI is InChI=1S/C20H19N3O/c1-23-13-14(15-5-2-3-8-19(15)23)9-10-20(24)22-18-7-4-6-17-16(18)11-12-21-17/h2-8,11-13,21H,9-10H2,1H3,(H,22,24). The predicted octanol–water partition coefficient (Wildman–Crippen LogP) is 4.23. The second kappa shape index (κ2) is 5.89. The first-order valence-electron chi connectivity index (χ1n) is 8.11. The Hall–Kier alpha value is -3.01. The van der Waals surface area contributed by atoms with Crippen LogP contribution in [0.3, 0.4) is 0 Å². The Morgan fingerprint density at radius 3 is 2.88 bits per heavy atom. The van der Waals surface area contributed by atoms with E-state index in [0.717, 1.165) is 23.0 Å². The van der Waals surface area contributed by atoms with Crippen LogP contribution in [0.5, 0.6) is 0 Å². The summed E-state index contributed by atoms with van der Waals surface area (Å²) in [5.74, 6) is 0.0386. The highest BCUT2D eigenvalue weighted by molar-refractivity contribution is 6.01. The van der Waals surface area contributed by atoms with E-state index in [2.05, 4.69) is 33.2 Å². The van der Waals surface area contributed by atoms with Gasteiger partial charge in [-0.05, 0) is 36.2 Å². The maximum atomic E-state index is 12.4. The number of benzene rings is 2. The number of hydrogen-bond acceptors (Lipinski definition) is 1. The van der Waals surface area contributed by atoms with Crippen LogP contribution < -0.4 is 5.32 Å². The van der Waals surface area contributed by atoms with Crippen molar-refractivity contribution in [1.82, 2.24) is 9.55 Å². The number of fused-ring (bicyclic) bond motifs is 2. The minimum Gasteiger partial charge on any atom is -0.361 e. The van der Waals surface area contributed by atoms with Gasteiger partial charge in [-0.15, -0.1) is 0 Å². The van der Waals surface area contributed by atoms with Crippen molar-refractivity contribution in [2.24, 2.45) is 7.05 Å². The fourth-order valence-corrected chi connectivity index (χ4v) is 3.28. The Balaban J connectivity index is 1.49. The number of amides is 1. The molecule has 4 heteroatoms. The summed E-state index contributed by atoms with van der Waals surface area (Å²) >= 11 is 0. The van der Waals surface area contributed by atoms with E-state index in [1.165, 1.54) is 16.5 Å². The van der Waals surface area contributed by atoms with Gasteiger partial charge in [0.05, 0.1) is 5.69 Å². The van der Waals surface area contributed by atoms with Crippen molar-refractivity contribution in [2.75, 3.05) is 5.32 Å². The summed E-state index contributed by atoms with van der Waals surface area (Å²) in [6, 6.07) is 16.2. The van der Waals surface area contributed by atoms with E-state index >= 15 is 0 Å². The van der Waals surface area contributed by atoms with Crippen molar-refractivity contribution in [3.63, 3.8) is 0 Å². The number of carbonyl (C=O) groups excluding carboxylic acids is 1. The number of hydrogen-bond donors (Lipinski definition) is 2. The number of aromatic amines is 1. The van der Waals surface area contributed by atoms with E-state index in [4.69, 9.17) is 0 Å². The fourth-order valence-electron chi connectivity index (χ4n) is 3.28. The van der Waals surface area contributed by atoms with E-state index in [0.29, 0.717) is 6.42 Å². The normalized spacial score (nSPS) is 11.2. The quantitative estimate of drug-likeness (QED) is 0.581. The van der Waals surface area contributed by atoms with Gasteiger partial charge in [0, 0.05) is 47.7 Å². The number of anilines is 1. The van der Waals surface area contributed by atoms with E-state index < -0.39 is 0 Å². The van der Waals surface area contributed by atoms with Crippen molar-refractivity contribution in [2.45, 2.75) is 12.8 Å². The molecule has 2 aromatic heterocycles. The van der Waals surface area contributed by atoms with Gasteiger partial charge in [0.1, 0.15) is 0 Å². The molecule has 0 aliphatic carbocycles. The zero-order chi connectivity index (χ0) is 16.5. The maximum absolute atomic E-state index is 12.4. The van der Waals surface area contributed by atoms with Crippen LogP contribution in [0, 0.1) is 0 Å². The number of H-pyrrole nitrogens is 1. The summed E-state index contributed by atoms with van der Waals surface area (Å²) in [7, 11) is 2.04. The molecule has 0 saturated heterocycles. The monoisotopic (exact) mass is 317 g/mol. The smallest absolute Gasteiger partial charge is 0.224 e. The van der Waals surface area contributed by atoms with Crippen molar-refractivity contribution < 1.29 is 4.79 Å². The van der Waals surface area contributed by atoms with Crippen molar-refractivity contribution >= 4 is 33.4 Å². The van der Waals surface area contributed by atoms with Crippen LogP contribution in [0.2, 0.25) is 0 Å². The van der Waals surface area contributed by atoms with Gasteiger partial charge < -0.3 is 14.9 Å². The molecule has 0 unspecified atom stereocenters. The van der Waals surface area contributed by atoms with Crippen LogP contribution in [-0.2, 0) is 18.3 Å². The van der Waals surface area contributed by atoms with E-state index in [-0.39, 0.29) is 5.91 Å². The second-order valence-corrected chi connectivity index (χ2v) is 6.08. The average molecular weight is 317 g/mol. The first-order chi connectivity index (χ1) is 11.7. The Labute approximate surface area is 140 Å². The van der Waals surface area contributed by atoms with E-state index in [9.17, 15) is 4.79 Å². The van der Waals surface area contributed by atoms with Gasteiger partial charge in [0.2, 0.25) is 5.91 Å². The van der Waals surface area contributed by atoms with Crippen LogP contribution in [0.25, 0.3) is 21.8 Å². The lowest BCUT2D eigenvalue weighted by Crippen LogP contribution is -2.12. The third kappa shape index (κ3) is 2.56. The predicted molar refractivity (Wildman–Crippen MR) is 98.2 cm³/mol. The Bertz CT molecular complexity index is 1030. The minimum absolute atomic E-state index is 0.0386. The topological polar surface area (TPSA) is 49.8 Å². The average Bonchev–Trinajstić information content (AvgIpc) is 3.19. The maximum Gasteiger partial charge on any atom is 0.224 e. The van der Waals surface area contributed by atoms with Gasteiger partial charge in [0.25, 0.3) is 0 Å². The molecule has 0 atom stereocenters. The van der Waals surface area contributed by atoms with Gasteiger partial charge in [0.15, 0.2) is 0 Å². The number of para-hydroxylation sites is 1. The molecule has 0 spiro atoms. The van der Waals surface area contributed by atoms with Gasteiger partial charge in [-0.1, -0.05) is 24.3 Å². The lowest BCUT2D eigenvalue weighted by molar-refractivity contribution is -0.116. The summed E-state index contributed by atoms with van der Waals surface area (Å²) in [4.78, 5) is 15.5. The SMILES string of the molecule is Cn1cc(CCC(=O)Nc2cccc3[nH]ccc23)c2ccccc21. The molecule has 0 aliphatic rings. The van der Waals surface area contributed by atoms with Crippen molar-refractivity contribution in [1.29, 1.82) is 0 Å². The molecule has 2 aromatic carbocycles. The van der Waals surface area contributed by atoms with E-state index in [1.807, 2.05) is 49.6 Å². The first-order valence-corrected chi connectivity index (χ1v) is 8.11. The van der Waals surface area contributed by atoms with Crippen LogP contribution in [0.1, 0.15) is 12.0 Å². The summed E-state index contributed by atoms with van der Waals surface area (Å²) < 4.78 is 2.11. The van der Waals surface area contributed by atoms with Gasteiger partial charge >= 0.3 is 0 Å². The van der Waals surface area contributed by atoms with Gasteiger partial charge in [-0.3, -0.25) is 4.79 Å². The first kappa shape index (κ1) is 14.6. The molecule has 120 valence electrons. The zero-order valence-corrected chi connectivity index (χ0v) is 13.5. The highest BCUT2D eigenvalue weighted by Gasteiger charge is 2.10. The fraction of sp³-hybridized carbons (Fsp3) is 0.150. The third-order valence-electron chi connectivity index (χ3n) is 4.47. The summed E-state index contributed by atoms with van der Waals surface area (Å²) in [5.41, 5.74) is 4.30. The zero-order valence-electron chi connectivity index (χ0n) is 13.5. The Morgan fingerprint density at radius 1 is 1.08 bits per heavy atom. The number of aryl methyl sites for hydroxylation is 2. The third-order valence-corrected chi connectivity index (χ3v) is 4.47.